The molecular formula is C18H18Cl2N4O3S. The van der Waals surface area contributed by atoms with E-state index in [2.05, 4.69) is 10.2 Å². The van der Waals surface area contributed by atoms with Crippen LogP contribution in [0.4, 0.5) is 0 Å². The molecule has 0 saturated heterocycles. The number of ether oxygens (including phenoxy) is 3. The second-order valence-corrected chi connectivity index (χ2v) is 7.40. The van der Waals surface area contributed by atoms with E-state index in [4.69, 9.17) is 43.3 Å². The lowest BCUT2D eigenvalue weighted by atomic mass is 10.1. The average Bonchev–Trinajstić information content (AvgIpc) is 3.06. The fraction of sp³-hybridized carbons (Fsp3) is 0.222. The third kappa shape index (κ3) is 4.09. The summed E-state index contributed by atoms with van der Waals surface area (Å²) < 4.78 is 17.5. The highest BCUT2D eigenvalue weighted by molar-refractivity contribution is 7.98. The van der Waals surface area contributed by atoms with Crippen LogP contribution in [0, 0.1) is 0 Å². The van der Waals surface area contributed by atoms with Crippen LogP contribution in [0.5, 0.6) is 17.2 Å². The zero-order valence-corrected chi connectivity index (χ0v) is 17.7. The summed E-state index contributed by atoms with van der Waals surface area (Å²) in [5.41, 5.74) is 1.61. The number of methoxy groups -OCH3 is 3. The van der Waals surface area contributed by atoms with E-state index in [9.17, 15) is 0 Å². The van der Waals surface area contributed by atoms with Gasteiger partial charge in [0.15, 0.2) is 17.3 Å². The first-order valence-electron chi connectivity index (χ1n) is 8.06. The van der Waals surface area contributed by atoms with Crippen molar-refractivity contribution in [2.24, 2.45) is 0 Å². The Hall–Kier alpha value is -2.29. The lowest BCUT2D eigenvalue weighted by Crippen LogP contribution is -2.11. The Balaban J connectivity index is 1.88. The summed E-state index contributed by atoms with van der Waals surface area (Å²) in [6.07, 6.45) is 0. The van der Waals surface area contributed by atoms with E-state index in [0.717, 1.165) is 5.56 Å². The molecule has 0 amide bonds. The average molecular weight is 441 g/mol. The number of hydrogen-bond acceptors (Lipinski definition) is 7. The van der Waals surface area contributed by atoms with Crippen LogP contribution in [0.3, 0.4) is 0 Å². The van der Waals surface area contributed by atoms with Gasteiger partial charge in [-0.15, -0.1) is 10.2 Å². The molecule has 0 bridgehead atoms. The lowest BCUT2D eigenvalue weighted by Gasteiger charge is -2.13. The fourth-order valence-corrected chi connectivity index (χ4v) is 3.98. The molecule has 0 aliphatic rings. The van der Waals surface area contributed by atoms with Gasteiger partial charge in [0.05, 0.1) is 21.3 Å². The molecule has 10 heteroatoms. The Bertz CT molecular complexity index is 972. The second kappa shape index (κ2) is 8.81. The van der Waals surface area contributed by atoms with E-state index < -0.39 is 0 Å². The van der Waals surface area contributed by atoms with Crippen LogP contribution in [0.1, 0.15) is 5.56 Å². The quantitative estimate of drug-likeness (QED) is 0.433. The summed E-state index contributed by atoms with van der Waals surface area (Å²) in [4.78, 5) is 0. The Morgan fingerprint density at radius 2 is 1.68 bits per heavy atom. The summed E-state index contributed by atoms with van der Waals surface area (Å²) in [5.74, 6) is 8.74. The Labute approximate surface area is 176 Å². The van der Waals surface area contributed by atoms with E-state index in [1.54, 1.807) is 45.6 Å². The molecule has 0 unspecified atom stereocenters. The topological polar surface area (TPSA) is 84.4 Å². The highest BCUT2D eigenvalue weighted by Crippen LogP contribution is 2.41. The number of hydrogen-bond donors (Lipinski definition) is 1. The van der Waals surface area contributed by atoms with Crippen molar-refractivity contribution in [2.75, 3.05) is 27.2 Å². The van der Waals surface area contributed by atoms with Crippen molar-refractivity contribution in [2.45, 2.75) is 10.9 Å². The number of thioether (sulfide) groups is 1. The third-order valence-corrected chi connectivity index (χ3v) is 5.54. The molecule has 1 aromatic heterocycles. The maximum Gasteiger partial charge on any atom is 0.210 e. The van der Waals surface area contributed by atoms with Gasteiger partial charge in [0, 0.05) is 21.4 Å². The summed E-state index contributed by atoms with van der Waals surface area (Å²) in [6.45, 7) is 0. The minimum absolute atomic E-state index is 0.462. The van der Waals surface area contributed by atoms with Crippen LogP contribution in [-0.2, 0) is 5.75 Å². The number of halogens is 2. The molecule has 3 aromatic rings. The molecule has 0 atom stereocenters. The van der Waals surface area contributed by atoms with Gasteiger partial charge >= 0.3 is 0 Å². The Morgan fingerprint density at radius 3 is 2.25 bits per heavy atom. The number of nitrogens with zero attached hydrogens (tertiary/aromatic N) is 3. The van der Waals surface area contributed by atoms with Gasteiger partial charge < -0.3 is 20.1 Å². The van der Waals surface area contributed by atoms with Crippen molar-refractivity contribution in [1.82, 2.24) is 14.9 Å². The van der Waals surface area contributed by atoms with Crippen molar-refractivity contribution in [3.8, 4) is 28.6 Å². The van der Waals surface area contributed by atoms with Gasteiger partial charge in [-0.2, -0.15) is 0 Å². The van der Waals surface area contributed by atoms with Crippen molar-refractivity contribution in [3.05, 3.63) is 45.9 Å². The van der Waals surface area contributed by atoms with Gasteiger partial charge in [0.1, 0.15) is 0 Å². The number of nitrogen functional groups attached to an aromatic ring is 1. The zero-order valence-electron chi connectivity index (χ0n) is 15.4. The number of benzene rings is 2. The van der Waals surface area contributed by atoms with Crippen molar-refractivity contribution >= 4 is 35.0 Å². The first-order chi connectivity index (χ1) is 13.5. The van der Waals surface area contributed by atoms with Crippen LogP contribution in [-0.4, -0.2) is 36.2 Å². The molecule has 0 aliphatic heterocycles. The van der Waals surface area contributed by atoms with Crippen LogP contribution in [0.2, 0.25) is 10.0 Å². The molecule has 0 fully saturated rings. The predicted molar refractivity (Wildman–Crippen MR) is 111 cm³/mol. The van der Waals surface area contributed by atoms with Gasteiger partial charge in [-0.05, 0) is 29.8 Å². The molecule has 0 spiro atoms. The minimum Gasteiger partial charge on any atom is -0.493 e. The number of rotatable bonds is 7. The predicted octanol–water partition coefficient (Wildman–Crippen LogP) is 4.28. The molecule has 28 heavy (non-hydrogen) atoms. The highest BCUT2D eigenvalue weighted by atomic mass is 35.5. The van der Waals surface area contributed by atoms with Crippen LogP contribution >= 0.6 is 35.0 Å². The summed E-state index contributed by atoms with van der Waals surface area (Å²) in [5, 5.41) is 10.1. The maximum atomic E-state index is 6.22. The molecule has 2 aromatic carbocycles. The molecule has 0 radical (unpaired) electrons. The first kappa shape index (κ1) is 20.4. The van der Waals surface area contributed by atoms with Crippen molar-refractivity contribution in [3.63, 3.8) is 0 Å². The van der Waals surface area contributed by atoms with E-state index in [1.807, 2.05) is 6.07 Å². The van der Waals surface area contributed by atoms with Gasteiger partial charge in [-0.25, -0.2) is 4.68 Å². The van der Waals surface area contributed by atoms with Crippen LogP contribution in [0.15, 0.2) is 35.5 Å². The highest BCUT2D eigenvalue weighted by Gasteiger charge is 2.19. The van der Waals surface area contributed by atoms with Gasteiger partial charge in [-0.3, -0.25) is 0 Å². The van der Waals surface area contributed by atoms with Crippen LogP contribution in [0.25, 0.3) is 11.4 Å². The molecule has 1 heterocycles. The zero-order chi connectivity index (χ0) is 20.3. The smallest absolute Gasteiger partial charge is 0.210 e. The SMILES string of the molecule is COc1cc(-c2nnc(SCc3ccc(Cl)cc3Cl)n2N)cc(OC)c1OC. The Morgan fingerprint density at radius 1 is 1.00 bits per heavy atom. The Kier molecular flexibility index (Phi) is 6.43. The van der Waals surface area contributed by atoms with Crippen molar-refractivity contribution in [1.29, 1.82) is 0 Å². The molecule has 0 aliphatic carbocycles. The normalized spacial score (nSPS) is 10.8. The maximum absolute atomic E-state index is 6.22. The van der Waals surface area contributed by atoms with E-state index in [1.165, 1.54) is 16.4 Å². The van der Waals surface area contributed by atoms with E-state index >= 15 is 0 Å². The second-order valence-electron chi connectivity index (χ2n) is 5.61. The standard InChI is InChI=1S/C18H18Cl2N4O3S/c1-25-14-6-11(7-15(26-2)16(14)27-3)17-22-23-18(24(17)21)28-9-10-4-5-12(19)8-13(10)20/h4-8H,9,21H2,1-3H3. The minimum atomic E-state index is 0.462. The summed E-state index contributed by atoms with van der Waals surface area (Å²) in [6, 6.07) is 8.89. The number of aromatic nitrogens is 3. The molecule has 3 rings (SSSR count). The van der Waals surface area contributed by atoms with E-state index in [0.29, 0.717) is 49.6 Å². The van der Waals surface area contributed by atoms with E-state index in [-0.39, 0.29) is 0 Å². The fourth-order valence-electron chi connectivity index (χ4n) is 2.56. The molecule has 2 N–H and O–H groups in total. The van der Waals surface area contributed by atoms with Crippen LogP contribution < -0.4 is 20.1 Å². The van der Waals surface area contributed by atoms with Crippen molar-refractivity contribution < 1.29 is 14.2 Å². The summed E-state index contributed by atoms with van der Waals surface area (Å²) >= 11 is 13.6. The largest absolute Gasteiger partial charge is 0.493 e. The van der Waals surface area contributed by atoms with Gasteiger partial charge in [0.2, 0.25) is 10.9 Å². The molecular weight excluding hydrogens is 423 g/mol. The van der Waals surface area contributed by atoms with Gasteiger partial charge in [-0.1, -0.05) is 41.0 Å². The monoisotopic (exact) mass is 440 g/mol. The van der Waals surface area contributed by atoms with Gasteiger partial charge in [0.25, 0.3) is 0 Å². The third-order valence-electron chi connectivity index (χ3n) is 3.96. The molecule has 148 valence electrons. The molecule has 0 saturated carbocycles. The number of nitrogens with two attached hydrogens (primary N) is 1. The molecule has 7 nitrogen and oxygen atoms in total. The lowest BCUT2D eigenvalue weighted by molar-refractivity contribution is 0.324. The summed E-state index contributed by atoms with van der Waals surface area (Å²) in [7, 11) is 4.64. The first-order valence-corrected chi connectivity index (χ1v) is 9.80.